The van der Waals surface area contributed by atoms with E-state index in [1.807, 2.05) is 13.8 Å². The maximum atomic E-state index is 12.9. The lowest BCUT2D eigenvalue weighted by molar-refractivity contribution is -0.142. The second-order valence-electron chi connectivity index (χ2n) is 8.81. The summed E-state index contributed by atoms with van der Waals surface area (Å²) in [6, 6.07) is -4.55. The van der Waals surface area contributed by atoms with E-state index in [4.69, 9.17) is 16.6 Å². The van der Waals surface area contributed by atoms with Gasteiger partial charge in [-0.2, -0.15) is 0 Å². The summed E-state index contributed by atoms with van der Waals surface area (Å²) in [4.78, 5) is 60.2. The average Bonchev–Trinajstić information content (AvgIpc) is 2.69. The van der Waals surface area contributed by atoms with Crippen molar-refractivity contribution in [1.82, 2.24) is 16.0 Å². The Balaban J connectivity index is 5.37. The zero-order chi connectivity index (χ0) is 25.7. The number of carboxylic acid groups (broad SMARTS) is 2. The number of rotatable bonds is 16. The molecule has 0 fully saturated rings. The highest BCUT2D eigenvalue weighted by Crippen LogP contribution is 2.10. The van der Waals surface area contributed by atoms with Crippen LogP contribution in [0.1, 0.15) is 59.8 Å². The molecule has 0 spiro atoms. The Morgan fingerprint density at radius 3 is 1.85 bits per heavy atom. The molecule has 0 aliphatic rings. The second-order valence-corrected chi connectivity index (χ2v) is 8.81. The zero-order valence-electron chi connectivity index (χ0n) is 19.8. The monoisotopic (exact) mass is 473 g/mol. The van der Waals surface area contributed by atoms with Crippen LogP contribution in [0.4, 0.5) is 0 Å². The molecule has 33 heavy (non-hydrogen) atoms. The first-order chi connectivity index (χ1) is 15.3. The number of hydrogen-bond acceptors (Lipinski definition) is 7. The summed E-state index contributed by atoms with van der Waals surface area (Å²) in [7, 11) is 0. The van der Waals surface area contributed by atoms with Crippen molar-refractivity contribution in [2.45, 2.75) is 84.0 Å². The van der Waals surface area contributed by atoms with Gasteiger partial charge < -0.3 is 37.6 Å². The smallest absolute Gasteiger partial charge is 0.326 e. The summed E-state index contributed by atoms with van der Waals surface area (Å²) in [6.45, 7) is 7.44. The van der Waals surface area contributed by atoms with E-state index in [1.165, 1.54) is 0 Å². The molecule has 0 bridgehead atoms. The van der Waals surface area contributed by atoms with Crippen molar-refractivity contribution in [3.8, 4) is 0 Å². The fourth-order valence-corrected chi connectivity index (χ4v) is 3.06. The molecule has 12 nitrogen and oxygen atoms in total. The van der Waals surface area contributed by atoms with Crippen molar-refractivity contribution in [1.29, 1.82) is 0 Å². The summed E-state index contributed by atoms with van der Waals surface area (Å²) in [6.07, 6.45) is 0.959. The number of carbonyl (C=O) groups is 5. The predicted molar refractivity (Wildman–Crippen MR) is 121 cm³/mol. The summed E-state index contributed by atoms with van der Waals surface area (Å²) in [5.41, 5.74) is 11.0. The molecule has 4 unspecified atom stereocenters. The maximum absolute atomic E-state index is 12.9. The third-order valence-electron chi connectivity index (χ3n) is 4.88. The van der Waals surface area contributed by atoms with Crippen LogP contribution in [0.3, 0.4) is 0 Å². The Bertz CT molecular complexity index is 684. The predicted octanol–water partition coefficient (Wildman–Crippen LogP) is -0.841. The van der Waals surface area contributed by atoms with Crippen molar-refractivity contribution in [3.05, 3.63) is 0 Å². The number of nitrogens with one attached hydrogen (secondary N) is 3. The standard InChI is InChI=1S/C21H39N5O7/c1-11(2)9-15(25-18(29)13(23)10-16(27)28)19(30)26-17(12(3)4)20(31)24-14(21(32)33)7-5-6-8-22/h11-15,17H,5-10,22-23H2,1-4H3,(H,24,31)(H,25,29)(H,26,30)(H,27,28)(H,32,33). The van der Waals surface area contributed by atoms with E-state index >= 15 is 0 Å². The van der Waals surface area contributed by atoms with Gasteiger partial charge in [0.15, 0.2) is 0 Å². The minimum atomic E-state index is -1.33. The normalized spacial score (nSPS) is 14.8. The molecule has 0 aliphatic heterocycles. The van der Waals surface area contributed by atoms with Crippen LogP contribution in [0, 0.1) is 11.8 Å². The molecule has 9 N–H and O–H groups in total. The SMILES string of the molecule is CC(C)CC(NC(=O)C(N)CC(=O)O)C(=O)NC(C(=O)NC(CCCCN)C(=O)O)C(C)C. The van der Waals surface area contributed by atoms with Gasteiger partial charge in [-0.05, 0) is 44.1 Å². The molecule has 3 amide bonds. The Morgan fingerprint density at radius 1 is 0.818 bits per heavy atom. The number of carboxylic acids is 2. The zero-order valence-corrected chi connectivity index (χ0v) is 19.8. The second kappa shape index (κ2) is 15.2. The average molecular weight is 474 g/mol. The number of aliphatic carboxylic acids is 2. The van der Waals surface area contributed by atoms with Gasteiger partial charge >= 0.3 is 11.9 Å². The van der Waals surface area contributed by atoms with E-state index in [9.17, 15) is 29.1 Å². The third kappa shape index (κ3) is 12.2. The first-order valence-corrected chi connectivity index (χ1v) is 11.1. The van der Waals surface area contributed by atoms with Gasteiger partial charge in [0.2, 0.25) is 17.7 Å². The van der Waals surface area contributed by atoms with Gasteiger partial charge in [0.05, 0.1) is 12.5 Å². The van der Waals surface area contributed by atoms with Gasteiger partial charge in [0.25, 0.3) is 0 Å². The molecule has 0 saturated carbocycles. The van der Waals surface area contributed by atoms with E-state index in [2.05, 4.69) is 16.0 Å². The van der Waals surface area contributed by atoms with Crippen LogP contribution in [0.5, 0.6) is 0 Å². The molecule has 0 aromatic carbocycles. The number of nitrogens with two attached hydrogens (primary N) is 2. The van der Waals surface area contributed by atoms with Gasteiger partial charge in [0, 0.05) is 0 Å². The first kappa shape index (κ1) is 30.3. The highest BCUT2D eigenvalue weighted by Gasteiger charge is 2.32. The summed E-state index contributed by atoms with van der Waals surface area (Å²) >= 11 is 0. The molecule has 0 saturated heterocycles. The molecule has 190 valence electrons. The van der Waals surface area contributed by atoms with Crippen molar-refractivity contribution in [3.63, 3.8) is 0 Å². The van der Waals surface area contributed by atoms with Crippen LogP contribution in [0.25, 0.3) is 0 Å². The van der Waals surface area contributed by atoms with E-state index in [1.54, 1.807) is 13.8 Å². The molecule has 4 atom stereocenters. The van der Waals surface area contributed by atoms with Crippen molar-refractivity contribution < 1.29 is 34.2 Å². The topological polar surface area (TPSA) is 214 Å². The van der Waals surface area contributed by atoms with Crippen LogP contribution < -0.4 is 27.4 Å². The minimum Gasteiger partial charge on any atom is -0.481 e. The number of hydrogen-bond donors (Lipinski definition) is 7. The molecule has 0 aromatic heterocycles. The van der Waals surface area contributed by atoms with Crippen molar-refractivity contribution >= 4 is 29.7 Å². The molecule has 12 heteroatoms. The van der Waals surface area contributed by atoms with Crippen molar-refractivity contribution in [2.24, 2.45) is 23.3 Å². The van der Waals surface area contributed by atoms with E-state index < -0.39 is 60.2 Å². The van der Waals surface area contributed by atoms with E-state index in [0.29, 0.717) is 19.4 Å². The molecular weight excluding hydrogens is 434 g/mol. The quantitative estimate of drug-likeness (QED) is 0.139. The van der Waals surface area contributed by atoms with Crippen LogP contribution >= 0.6 is 0 Å². The van der Waals surface area contributed by atoms with Gasteiger partial charge in [-0.15, -0.1) is 0 Å². The fourth-order valence-electron chi connectivity index (χ4n) is 3.06. The highest BCUT2D eigenvalue weighted by molar-refractivity contribution is 5.94. The van der Waals surface area contributed by atoms with Gasteiger partial charge in [-0.3, -0.25) is 19.2 Å². The molecular formula is C21H39N5O7. The Labute approximate surface area is 194 Å². The molecule has 0 radical (unpaired) electrons. The first-order valence-electron chi connectivity index (χ1n) is 11.1. The largest absolute Gasteiger partial charge is 0.481 e. The van der Waals surface area contributed by atoms with E-state index in [0.717, 1.165) is 0 Å². The Morgan fingerprint density at radius 2 is 1.39 bits per heavy atom. The number of unbranched alkanes of at least 4 members (excludes halogenated alkanes) is 1. The summed E-state index contributed by atoms with van der Waals surface area (Å²) in [5.74, 6) is -4.93. The highest BCUT2D eigenvalue weighted by atomic mass is 16.4. The maximum Gasteiger partial charge on any atom is 0.326 e. The van der Waals surface area contributed by atoms with Gasteiger partial charge in [-0.1, -0.05) is 27.7 Å². The Kier molecular flexibility index (Phi) is 13.9. The van der Waals surface area contributed by atoms with E-state index in [-0.39, 0.29) is 24.7 Å². The van der Waals surface area contributed by atoms with Gasteiger partial charge in [0.1, 0.15) is 18.1 Å². The van der Waals surface area contributed by atoms with Crippen LogP contribution in [-0.2, 0) is 24.0 Å². The molecule has 0 aromatic rings. The van der Waals surface area contributed by atoms with Gasteiger partial charge in [-0.25, -0.2) is 4.79 Å². The molecule has 0 rings (SSSR count). The lowest BCUT2D eigenvalue weighted by Crippen LogP contribution is -2.58. The summed E-state index contributed by atoms with van der Waals surface area (Å²) < 4.78 is 0. The van der Waals surface area contributed by atoms with Crippen LogP contribution in [0.15, 0.2) is 0 Å². The minimum absolute atomic E-state index is 0.0120. The fraction of sp³-hybridized carbons (Fsp3) is 0.762. The Hall–Kier alpha value is -2.73. The summed E-state index contributed by atoms with van der Waals surface area (Å²) in [5, 5.41) is 25.7. The molecule has 0 heterocycles. The third-order valence-corrected chi connectivity index (χ3v) is 4.88. The van der Waals surface area contributed by atoms with Crippen LogP contribution in [0.2, 0.25) is 0 Å². The lowest BCUT2D eigenvalue weighted by Gasteiger charge is -2.27. The number of amides is 3. The molecule has 0 aliphatic carbocycles. The van der Waals surface area contributed by atoms with Crippen molar-refractivity contribution in [2.75, 3.05) is 6.54 Å². The van der Waals surface area contributed by atoms with Crippen LogP contribution in [-0.4, -0.2) is 70.6 Å². The number of carbonyl (C=O) groups excluding carboxylic acids is 3. The lowest BCUT2D eigenvalue weighted by atomic mass is 9.99.